The summed E-state index contributed by atoms with van der Waals surface area (Å²) in [6.45, 7) is 7.69. The highest BCUT2D eigenvalue weighted by Crippen LogP contribution is 2.11. The maximum absolute atomic E-state index is 12.5. The molecule has 1 atom stereocenters. The summed E-state index contributed by atoms with van der Waals surface area (Å²) in [6.07, 6.45) is 1.41. The van der Waals surface area contributed by atoms with E-state index >= 15 is 0 Å². The topological polar surface area (TPSA) is 100 Å². The van der Waals surface area contributed by atoms with Crippen LogP contribution in [0.1, 0.15) is 43.8 Å². The van der Waals surface area contributed by atoms with Crippen LogP contribution in [0.4, 0.5) is 5.69 Å². The number of rotatable bonds is 8. The summed E-state index contributed by atoms with van der Waals surface area (Å²) in [5.74, 6) is -0.766. The van der Waals surface area contributed by atoms with E-state index in [1.54, 1.807) is 24.3 Å². The quantitative estimate of drug-likeness (QED) is 0.650. The summed E-state index contributed by atoms with van der Waals surface area (Å²) < 4.78 is 5.06. The van der Waals surface area contributed by atoms with E-state index in [9.17, 15) is 14.4 Å². The zero-order valence-corrected chi connectivity index (χ0v) is 16.6. The van der Waals surface area contributed by atoms with Crippen LogP contribution in [0.2, 0.25) is 0 Å². The Morgan fingerprint density at radius 3 is 2.18 bits per heavy atom. The van der Waals surface area contributed by atoms with Gasteiger partial charge in [-0.05, 0) is 35.7 Å². The van der Waals surface area contributed by atoms with Crippen molar-refractivity contribution < 1.29 is 18.8 Å². The zero-order chi connectivity index (χ0) is 20.7. The number of nitrogens with one attached hydrogen (secondary N) is 3. The van der Waals surface area contributed by atoms with Gasteiger partial charge in [-0.25, -0.2) is 0 Å². The lowest BCUT2D eigenvalue weighted by Crippen LogP contribution is -2.49. The minimum atomic E-state index is -0.679. The molecule has 0 aliphatic carbocycles. The van der Waals surface area contributed by atoms with Crippen molar-refractivity contribution in [2.24, 2.45) is 11.8 Å². The third-order valence-corrected chi connectivity index (χ3v) is 4.19. The first-order valence-corrected chi connectivity index (χ1v) is 9.29. The van der Waals surface area contributed by atoms with Gasteiger partial charge in [0.05, 0.1) is 6.26 Å². The zero-order valence-electron chi connectivity index (χ0n) is 16.6. The van der Waals surface area contributed by atoms with Crippen molar-refractivity contribution in [2.45, 2.75) is 40.3 Å². The number of amides is 3. The molecule has 7 heteroatoms. The molecular weight excluding hydrogens is 358 g/mol. The molecule has 0 spiro atoms. The molecule has 0 saturated carbocycles. The van der Waals surface area contributed by atoms with Gasteiger partial charge >= 0.3 is 0 Å². The smallest absolute Gasteiger partial charge is 0.287 e. The van der Waals surface area contributed by atoms with E-state index in [0.717, 1.165) is 5.56 Å². The van der Waals surface area contributed by atoms with Gasteiger partial charge in [-0.3, -0.25) is 14.4 Å². The van der Waals surface area contributed by atoms with Crippen molar-refractivity contribution >= 4 is 23.4 Å². The number of furan rings is 1. The van der Waals surface area contributed by atoms with Gasteiger partial charge in [0, 0.05) is 18.2 Å². The van der Waals surface area contributed by atoms with Gasteiger partial charge < -0.3 is 20.4 Å². The SMILES string of the molecule is CC(C)C(=O)Nc1ccc(CNC(=O)[C@H](NC(=O)c2ccco2)C(C)C)cc1. The first kappa shape index (κ1) is 21.2. The molecule has 0 aliphatic heterocycles. The van der Waals surface area contributed by atoms with Crippen LogP contribution in [0.3, 0.4) is 0 Å². The van der Waals surface area contributed by atoms with Crippen molar-refractivity contribution in [2.75, 3.05) is 5.32 Å². The fourth-order valence-electron chi connectivity index (χ4n) is 2.45. The lowest BCUT2D eigenvalue weighted by molar-refractivity contribution is -0.124. The van der Waals surface area contributed by atoms with Gasteiger partial charge in [0.15, 0.2) is 5.76 Å². The van der Waals surface area contributed by atoms with E-state index in [0.29, 0.717) is 12.2 Å². The van der Waals surface area contributed by atoms with Gasteiger partial charge in [0.1, 0.15) is 6.04 Å². The number of anilines is 1. The Hall–Kier alpha value is -3.09. The van der Waals surface area contributed by atoms with Crippen LogP contribution in [-0.4, -0.2) is 23.8 Å². The predicted molar refractivity (Wildman–Crippen MR) is 107 cm³/mol. The molecule has 0 aliphatic rings. The van der Waals surface area contributed by atoms with E-state index in [1.165, 1.54) is 6.26 Å². The van der Waals surface area contributed by atoms with Crippen molar-refractivity contribution in [3.63, 3.8) is 0 Å². The lowest BCUT2D eigenvalue weighted by atomic mass is 10.0. The fourth-order valence-corrected chi connectivity index (χ4v) is 2.45. The van der Waals surface area contributed by atoms with E-state index in [4.69, 9.17) is 4.42 Å². The molecule has 1 heterocycles. The number of carbonyl (C=O) groups excluding carboxylic acids is 3. The molecule has 1 aromatic carbocycles. The third kappa shape index (κ3) is 5.97. The average Bonchev–Trinajstić information content (AvgIpc) is 3.19. The molecule has 3 amide bonds. The maximum atomic E-state index is 12.5. The lowest BCUT2D eigenvalue weighted by Gasteiger charge is -2.21. The van der Waals surface area contributed by atoms with Crippen LogP contribution >= 0.6 is 0 Å². The van der Waals surface area contributed by atoms with E-state index in [1.807, 2.05) is 39.8 Å². The summed E-state index contributed by atoms with van der Waals surface area (Å²) in [5.41, 5.74) is 1.59. The van der Waals surface area contributed by atoms with Crippen LogP contribution in [-0.2, 0) is 16.1 Å². The number of benzene rings is 1. The molecule has 7 nitrogen and oxygen atoms in total. The monoisotopic (exact) mass is 385 g/mol. The van der Waals surface area contributed by atoms with E-state index in [2.05, 4.69) is 16.0 Å². The number of hydrogen-bond donors (Lipinski definition) is 3. The van der Waals surface area contributed by atoms with Gasteiger partial charge in [-0.15, -0.1) is 0 Å². The molecule has 0 unspecified atom stereocenters. The van der Waals surface area contributed by atoms with E-state index in [-0.39, 0.29) is 29.4 Å². The third-order valence-electron chi connectivity index (χ3n) is 4.19. The Kier molecular flexibility index (Phi) is 7.37. The Morgan fingerprint density at radius 1 is 0.964 bits per heavy atom. The number of carbonyl (C=O) groups is 3. The molecule has 0 bridgehead atoms. The molecule has 150 valence electrons. The maximum Gasteiger partial charge on any atom is 0.287 e. The summed E-state index contributed by atoms with van der Waals surface area (Å²) in [5, 5.41) is 8.36. The van der Waals surface area contributed by atoms with Crippen molar-refractivity contribution in [1.29, 1.82) is 0 Å². The van der Waals surface area contributed by atoms with Crippen LogP contribution in [0.15, 0.2) is 47.1 Å². The molecule has 2 rings (SSSR count). The second kappa shape index (κ2) is 9.73. The highest BCUT2D eigenvalue weighted by atomic mass is 16.3. The largest absolute Gasteiger partial charge is 0.459 e. The fraction of sp³-hybridized carbons (Fsp3) is 0.381. The Balaban J connectivity index is 1.91. The standard InChI is InChI=1S/C21H27N3O4/c1-13(2)18(24-20(26)17-6-5-11-28-17)21(27)22-12-15-7-9-16(10-8-15)23-19(25)14(3)4/h5-11,13-14,18H,12H2,1-4H3,(H,22,27)(H,23,25)(H,24,26)/t18-/m1/s1. The highest BCUT2D eigenvalue weighted by Gasteiger charge is 2.25. The Bertz CT molecular complexity index is 796. The molecule has 0 saturated heterocycles. The van der Waals surface area contributed by atoms with Crippen molar-refractivity contribution in [1.82, 2.24) is 10.6 Å². The van der Waals surface area contributed by atoms with Gasteiger partial charge in [0.2, 0.25) is 11.8 Å². The second-order valence-corrected chi connectivity index (χ2v) is 7.23. The van der Waals surface area contributed by atoms with Gasteiger partial charge in [0.25, 0.3) is 5.91 Å². The van der Waals surface area contributed by atoms with Gasteiger partial charge in [-0.1, -0.05) is 39.8 Å². The number of hydrogen-bond acceptors (Lipinski definition) is 4. The summed E-state index contributed by atoms with van der Waals surface area (Å²) in [4.78, 5) is 36.4. The molecule has 1 aromatic heterocycles. The van der Waals surface area contributed by atoms with Crippen LogP contribution in [0, 0.1) is 11.8 Å². The van der Waals surface area contributed by atoms with Gasteiger partial charge in [-0.2, -0.15) is 0 Å². The molecule has 28 heavy (non-hydrogen) atoms. The van der Waals surface area contributed by atoms with Crippen molar-refractivity contribution in [3.8, 4) is 0 Å². The normalized spacial score (nSPS) is 11.9. The van der Waals surface area contributed by atoms with Crippen LogP contribution in [0.5, 0.6) is 0 Å². The summed E-state index contributed by atoms with van der Waals surface area (Å²) >= 11 is 0. The van der Waals surface area contributed by atoms with E-state index < -0.39 is 11.9 Å². The predicted octanol–water partition coefficient (Wildman–Crippen LogP) is 2.94. The first-order valence-electron chi connectivity index (χ1n) is 9.29. The van der Waals surface area contributed by atoms with Crippen LogP contribution in [0.25, 0.3) is 0 Å². The molecule has 2 aromatic rings. The van der Waals surface area contributed by atoms with Crippen LogP contribution < -0.4 is 16.0 Å². The molecule has 0 radical (unpaired) electrons. The minimum Gasteiger partial charge on any atom is -0.459 e. The minimum absolute atomic E-state index is 0.0480. The molecule has 0 fully saturated rings. The second-order valence-electron chi connectivity index (χ2n) is 7.23. The summed E-state index contributed by atoms with van der Waals surface area (Å²) in [6, 6.07) is 9.74. The Morgan fingerprint density at radius 2 is 1.64 bits per heavy atom. The summed E-state index contributed by atoms with van der Waals surface area (Å²) in [7, 11) is 0. The van der Waals surface area contributed by atoms with Crippen molar-refractivity contribution in [3.05, 3.63) is 54.0 Å². The molecule has 3 N–H and O–H groups in total. The highest BCUT2D eigenvalue weighted by molar-refractivity contribution is 5.95. The average molecular weight is 385 g/mol. The molecular formula is C21H27N3O4. The Labute approximate surface area is 164 Å². The first-order chi connectivity index (χ1) is 13.3.